The van der Waals surface area contributed by atoms with E-state index >= 15 is 4.39 Å². The smallest absolute Gasteiger partial charge is 0.342 e. The zero-order valence-corrected chi connectivity index (χ0v) is 20.2. The van der Waals surface area contributed by atoms with Crippen molar-refractivity contribution in [3.05, 3.63) is 0 Å². The minimum Gasteiger partial charge on any atom is -0.479 e. The molecule has 6 atom stereocenters. The van der Waals surface area contributed by atoms with Crippen LogP contribution in [-0.2, 0) is 28.6 Å². The summed E-state index contributed by atoms with van der Waals surface area (Å²) in [6.07, 6.45) is 7.63. The van der Waals surface area contributed by atoms with Crippen LogP contribution in [0.1, 0.15) is 77.6 Å². The minimum atomic E-state index is -2.57. The van der Waals surface area contributed by atoms with E-state index in [9.17, 15) is 19.5 Å². The van der Waals surface area contributed by atoms with Crippen molar-refractivity contribution in [2.45, 2.75) is 107 Å². The molecule has 0 unspecified atom stereocenters. The van der Waals surface area contributed by atoms with Crippen LogP contribution in [0.5, 0.6) is 0 Å². The third-order valence-electron chi connectivity index (χ3n) is 10.2. The normalized spacial score (nSPS) is 48.4. The summed E-state index contributed by atoms with van der Waals surface area (Å²) in [6, 6.07) is 0. The molecular formula is C26H36FNO7. The summed E-state index contributed by atoms with van der Waals surface area (Å²) in [5.74, 6) is -3.34. The van der Waals surface area contributed by atoms with E-state index in [0.29, 0.717) is 17.8 Å². The van der Waals surface area contributed by atoms with Crippen LogP contribution >= 0.6 is 0 Å². The number of rotatable bonds is 7. The number of hydrogen-bond donors (Lipinski definition) is 2. The van der Waals surface area contributed by atoms with Crippen LogP contribution in [0.25, 0.3) is 0 Å². The van der Waals surface area contributed by atoms with Crippen molar-refractivity contribution in [3.63, 3.8) is 0 Å². The number of halogens is 1. The maximum Gasteiger partial charge on any atom is 0.342 e. The Hall–Kier alpha value is -1.74. The van der Waals surface area contributed by atoms with Gasteiger partial charge in [-0.1, -0.05) is 12.8 Å². The monoisotopic (exact) mass is 493 g/mol. The molecule has 0 radical (unpaired) electrons. The molecule has 7 aliphatic carbocycles. The highest BCUT2D eigenvalue weighted by Crippen LogP contribution is 2.67. The molecule has 7 rings (SSSR count). The number of alkyl halides is 1. The van der Waals surface area contributed by atoms with Crippen molar-refractivity contribution >= 4 is 17.9 Å². The predicted molar refractivity (Wildman–Crippen MR) is 119 cm³/mol. The van der Waals surface area contributed by atoms with Gasteiger partial charge in [0, 0.05) is 18.8 Å². The van der Waals surface area contributed by atoms with E-state index in [0.717, 1.165) is 44.9 Å². The van der Waals surface area contributed by atoms with E-state index in [-0.39, 0.29) is 18.5 Å². The van der Waals surface area contributed by atoms with Crippen LogP contribution in [0.4, 0.5) is 4.39 Å². The van der Waals surface area contributed by atoms with Gasteiger partial charge in [-0.3, -0.25) is 4.79 Å². The highest BCUT2D eigenvalue weighted by atomic mass is 19.1. The van der Waals surface area contributed by atoms with Gasteiger partial charge >= 0.3 is 17.9 Å². The Morgan fingerprint density at radius 1 is 0.943 bits per heavy atom. The van der Waals surface area contributed by atoms with Gasteiger partial charge in [-0.2, -0.15) is 0 Å². The average Bonchev–Trinajstić information content (AvgIpc) is 3.08. The Morgan fingerprint density at radius 3 is 2.03 bits per heavy atom. The molecule has 0 spiro atoms. The molecule has 9 heteroatoms. The fraction of sp³-hybridized carbons (Fsp3) is 0.885. The quantitative estimate of drug-likeness (QED) is 0.409. The standard InChI is InChI=1S/C26H36FNO7/c1-13(33-22(31)24-10-14-6-15(11-24)8-16(7-14)12-24)34-23(32)26(28)19(35-17-4-2-3-5-17)9-18-20(26)25(18,27)21(29)30/h13-20H,2-12,28H2,1H3,(H,29,30)/t13-,14?,15?,16?,18+,19+,20-,24?,25+,26-/m0/s1. The van der Waals surface area contributed by atoms with Crippen molar-refractivity contribution in [2.24, 2.45) is 40.7 Å². The Kier molecular flexibility index (Phi) is 5.32. The number of fused-ring (bicyclic) bond motifs is 1. The van der Waals surface area contributed by atoms with Gasteiger partial charge in [-0.05, 0) is 75.5 Å². The molecule has 0 aromatic rings. The van der Waals surface area contributed by atoms with Gasteiger partial charge in [0.15, 0.2) is 0 Å². The van der Waals surface area contributed by atoms with Crippen molar-refractivity contribution in [1.82, 2.24) is 0 Å². The van der Waals surface area contributed by atoms with Gasteiger partial charge in [0.2, 0.25) is 12.0 Å². The zero-order chi connectivity index (χ0) is 24.8. The van der Waals surface area contributed by atoms with Gasteiger partial charge in [-0.15, -0.1) is 0 Å². The SMILES string of the molecule is C[C@@H](OC(=O)C12CC3CC(CC(C3)C1)C2)OC(=O)[C@@]1(N)[C@H]2[C@@H](C[C@H]1OC1CCCC1)[C@]2(F)C(=O)O. The molecule has 0 aliphatic heterocycles. The number of carbonyl (C=O) groups is 3. The summed E-state index contributed by atoms with van der Waals surface area (Å²) in [5, 5.41) is 9.46. The fourth-order valence-corrected chi connectivity index (χ4v) is 8.93. The third-order valence-corrected chi connectivity index (χ3v) is 10.2. The first-order chi connectivity index (χ1) is 16.6. The highest BCUT2D eigenvalue weighted by Gasteiger charge is 2.85. The molecule has 7 aliphatic rings. The molecule has 0 aromatic heterocycles. The first-order valence-corrected chi connectivity index (χ1v) is 13.3. The second kappa shape index (κ2) is 7.88. The maximum absolute atomic E-state index is 15.2. The zero-order valence-electron chi connectivity index (χ0n) is 20.2. The van der Waals surface area contributed by atoms with Crippen LogP contribution < -0.4 is 5.73 Å². The van der Waals surface area contributed by atoms with E-state index in [4.69, 9.17) is 19.9 Å². The molecule has 0 heterocycles. The number of esters is 2. The summed E-state index contributed by atoms with van der Waals surface area (Å²) in [6.45, 7) is 1.46. The molecule has 0 amide bonds. The Morgan fingerprint density at radius 2 is 1.49 bits per heavy atom. The lowest BCUT2D eigenvalue weighted by Gasteiger charge is -2.55. The Bertz CT molecular complexity index is 899. The molecule has 4 bridgehead atoms. The number of carboxylic acid groups (broad SMARTS) is 1. The molecule has 0 aromatic carbocycles. The summed E-state index contributed by atoms with van der Waals surface area (Å²) in [7, 11) is 0. The third kappa shape index (κ3) is 3.47. The summed E-state index contributed by atoms with van der Waals surface area (Å²) >= 11 is 0. The van der Waals surface area contributed by atoms with Crippen LogP contribution in [0, 0.1) is 35.0 Å². The lowest BCUT2D eigenvalue weighted by atomic mass is 9.49. The van der Waals surface area contributed by atoms with E-state index in [1.54, 1.807) is 0 Å². The van der Waals surface area contributed by atoms with Crippen molar-refractivity contribution < 1.29 is 38.1 Å². The largest absolute Gasteiger partial charge is 0.479 e. The lowest BCUT2D eigenvalue weighted by molar-refractivity contribution is -0.207. The van der Waals surface area contributed by atoms with Crippen molar-refractivity contribution in [2.75, 3.05) is 0 Å². The van der Waals surface area contributed by atoms with Crippen molar-refractivity contribution in [3.8, 4) is 0 Å². The van der Waals surface area contributed by atoms with Gasteiger partial charge in [0.25, 0.3) is 0 Å². The molecule has 7 fully saturated rings. The van der Waals surface area contributed by atoms with E-state index in [1.165, 1.54) is 26.2 Å². The van der Waals surface area contributed by atoms with Gasteiger partial charge in [0.1, 0.15) is 5.54 Å². The average molecular weight is 494 g/mol. The van der Waals surface area contributed by atoms with Crippen LogP contribution in [0.3, 0.4) is 0 Å². The summed E-state index contributed by atoms with van der Waals surface area (Å²) in [4.78, 5) is 38.2. The Balaban J connectivity index is 1.15. The second-order valence-electron chi connectivity index (χ2n) is 12.4. The maximum atomic E-state index is 15.2. The number of carbonyl (C=O) groups excluding carboxylic acids is 2. The minimum absolute atomic E-state index is 0.0526. The highest BCUT2D eigenvalue weighted by molar-refractivity contribution is 5.91. The first-order valence-electron chi connectivity index (χ1n) is 13.3. The number of nitrogens with two attached hydrogens (primary N) is 1. The van der Waals surface area contributed by atoms with Gasteiger partial charge in [-0.25, -0.2) is 14.0 Å². The number of carboxylic acids is 1. The van der Waals surface area contributed by atoms with Gasteiger partial charge < -0.3 is 25.1 Å². The second-order valence-corrected chi connectivity index (χ2v) is 12.4. The van der Waals surface area contributed by atoms with Crippen LogP contribution in [0.15, 0.2) is 0 Å². The van der Waals surface area contributed by atoms with Crippen molar-refractivity contribution in [1.29, 1.82) is 0 Å². The van der Waals surface area contributed by atoms with E-state index in [2.05, 4.69) is 0 Å². The number of ether oxygens (including phenoxy) is 3. The van der Waals surface area contributed by atoms with Gasteiger partial charge in [0.05, 0.1) is 17.6 Å². The lowest BCUT2D eigenvalue weighted by Crippen LogP contribution is -2.62. The first kappa shape index (κ1) is 23.6. The van der Waals surface area contributed by atoms with Crippen LogP contribution in [0.2, 0.25) is 0 Å². The Labute approximate surface area is 204 Å². The summed E-state index contributed by atoms with van der Waals surface area (Å²) < 4.78 is 32.5. The molecule has 3 N–H and O–H groups in total. The molecule has 7 saturated carbocycles. The predicted octanol–water partition coefficient (Wildman–Crippen LogP) is 3.10. The van der Waals surface area contributed by atoms with Crippen LogP contribution in [-0.4, -0.2) is 52.7 Å². The topological polar surface area (TPSA) is 125 Å². The molecule has 8 nitrogen and oxygen atoms in total. The van der Waals surface area contributed by atoms with E-state index < -0.39 is 52.8 Å². The molecule has 35 heavy (non-hydrogen) atoms. The van der Waals surface area contributed by atoms with E-state index in [1.807, 2.05) is 0 Å². The fourth-order valence-electron chi connectivity index (χ4n) is 8.93. The summed E-state index contributed by atoms with van der Waals surface area (Å²) in [5.41, 5.74) is 1.49. The molecular weight excluding hydrogens is 457 g/mol. The number of aliphatic carboxylic acids is 1. The number of hydrogen-bond acceptors (Lipinski definition) is 7. The molecule has 0 saturated heterocycles. The molecule has 194 valence electrons.